The zero-order valence-electron chi connectivity index (χ0n) is 65.2. The molecule has 0 atom stereocenters. The van der Waals surface area contributed by atoms with Crippen LogP contribution in [-0.2, 0) is 38.1 Å². The molecule has 0 aliphatic carbocycles. The molecule has 16 rings (SSSR count). The van der Waals surface area contributed by atoms with Crippen molar-refractivity contribution in [2.24, 2.45) is 0 Å². The first kappa shape index (κ1) is 85.9. The Bertz CT molecular complexity index is 6550. The number of rotatable bonds is 28. The molecule has 6 N–H and O–H groups in total. The third-order valence-corrected chi connectivity index (χ3v) is 22.7. The largest absolute Gasteiger partial charge is 0.508 e. The molecule has 16 aromatic rings. The highest BCUT2D eigenvalue weighted by molar-refractivity contribution is 7.22. The molecule has 124 heavy (non-hydrogen) atoms. The Morgan fingerprint density at radius 1 is 0.274 bits per heavy atom. The first-order valence-corrected chi connectivity index (χ1v) is 40.5. The summed E-state index contributed by atoms with van der Waals surface area (Å²) in [6, 6.07) is 75.0. The summed E-state index contributed by atoms with van der Waals surface area (Å²) in [5.41, 5.74) is 6.95. The van der Waals surface area contributed by atoms with Gasteiger partial charge in [-0.3, -0.25) is 38.4 Å². The molecule has 26 heteroatoms. The van der Waals surface area contributed by atoms with Crippen LogP contribution in [0.25, 0.3) is 64.6 Å². The Labute approximate surface area is 722 Å². The van der Waals surface area contributed by atoms with Gasteiger partial charge in [-0.25, -0.2) is 0 Å². The van der Waals surface area contributed by atoms with Crippen LogP contribution in [0.1, 0.15) is 94.3 Å². The highest BCUT2D eigenvalue weighted by atomic mass is 32.1. The van der Waals surface area contributed by atoms with Gasteiger partial charge in [-0.2, -0.15) is 0 Å². The number of thiophene rings is 4. The number of carbonyl (C=O) groups excluding carboxylic acids is 8. The van der Waals surface area contributed by atoms with Crippen LogP contribution < -0.4 is 18.9 Å². The van der Waals surface area contributed by atoms with Crippen molar-refractivity contribution in [3.63, 3.8) is 0 Å². The SMILES string of the molecule is Cc1ccc(C(=O)c2sc3cc(O)ccc3c2Oc2ccc(/C=C/OC=O)cc2)cc1.Cc1cccc(C(=O)c2sc3cc(O)ccc3c2Oc2ccc(/C=C/OC=O)cc2)c1.O=CO/C=C/c1ccc(Oc2c(C(=O)c3cccc(O)c3)sc3cc(O)ccc23)cc1.O=CO/C=C/c1ccc(Oc2c(C(=O)c3ccccc3O)sc3cc(O)ccc23)cc1. The smallest absolute Gasteiger partial charge is 0.297 e. The van der Waals surface area contributed by atoms with Gasteiger partial charge in [0.05, 0.1) is 30.6 Å². The van der Waals surface area contributed by atoms with E-state index in [1.54, 1.807) is 206 Å². The van der Waals surface area contributed by atoms with Crippen molar-refractivity contribution >= 4 is 159 Å². The van der Waals surface area contributed by atoms with Crippen molar-refractivity contribution in [3.05, 3.63) is 367 Å². The second kappa shape index (κ2) is 40.6. The van der Waals surface area contributed by atoms with Gasteiger partial charge >= 0.3 is 0 Å². The third-order valence-electron chi connectivity index (χ3n) is 18.2. The number of hydrogen-bond acceptors (Lipinski definition) is 26. The van der Waals surface area contributed by atoms with Crippen molar-refractivity contribution in [1.82, 2.24) is 0 Å². The van der Waals surface area contributed by atoms with Crippen molar-refractivity contribution < 1.29 is 107 Å². The summed E-state index contributed by atoms with van der Waals surface area (Å²) >= 11 is 4.96. The minimum atomic E-state index is -0.376. The molecule has 0 saturated heterocycles. The number of aromatic hydroxyl groups is 6. The van der Waals surface area contributed by atoms with Gasteiger partial charge in [0.15, 0.2) is 23.0 Å². The summed E-state index contributed by atoms with van der Waals surface area (Å²) in [6.07, 6.45) is 11.7. The Kier molecular flexibility index (Phi) is 28.1. The van der Waals surface area contributed by atoms with Gasteiger partial charge < -0.3 is 68.5 Å². The molecule has 0 amide bonds. The van der Waals surface area contributed by atoms with Crippen LogP contribution in [0.15, 0.2) is 292 Å². The number of carbonyl (C=O) groups is 8. The number of phenolic OH excluding ortho intramolecular Hbond substituents is 6. The van der Waals surface area contributed by atoms with Crippen LogP contribution in [0, 0.1) is 13.8 Å². The monoisotopic (exact) mass is 1720 g/mol. The molecule has 0 aliphatic heterocycles. The molecule has 0 aliphatic rings. The molecule has 22 nitrogen and oxygen atoms in total. The van der Waals surface area contributed by atoms with E-state index in [1.165, 1.54) is 101 Å². The number of para-hydroxylation sites is 1. The van der Waals surface area contributed by atoms with Crippen molar-refractivity contribution in [1.29, 1.82) is 0 Å². The lowest BCUT2D eigenvalue weighted by Crippen LogP contribution is -2.01. The Morgan fingerprint density at radius 3 is 0.887 bits per heavy atom. The minimum absolute atomic E-state index is 0.00530. The third kappa shape index (κ3) is 21.5. The Morgan fingerprint density at radius 2 is 0.573 bits per heavy atom. The van der Waals surface area contributed by atoms with Crippen LogP contribution in [0.4, 0.5) is 0 Å². The van der Waals surface area contributed by atoms with Gasteiger partial charge in [-0.05, 0) is 212 Å². The molecular formula is C98H68O22S4. The van der Waals surface area contributed by atoms with Gasteiger partial charge in [0, 0.05) is 57.0 Å². The van der Waals surface area contributed by atoms with Crippen LogP contribution in [0.3, 0.4) is 0 Å². The molecule has 0 unspecified atom stereocenters. The van der Waals surface area contributed by atoms with E-state index in [2.05, 4.69) is 18.9 Å². The average Bonchev–Trinajstić information content (AvgIpc) is 1.66. The number of ketones is 4. The predicted octanol–water partition coefficient (Wildman–Crippen LogP) is 23.1. The molecule has 12 aromatic carbocycles. The maximum atomic E-state index is 13.3. The Balaban J connectivity index is 0.000000142. The van der Waals surface area contributed by atoms with E-state index >= 15 is 0 Å². The first-order valence-electron chi connectivity index (χ1n) is 37.3. The number of ether oxygens (including phenoxy) is 8. The number of fused-ring (bicyclic) bond motifs is 4. The molecule has 0 spiro atoms. The molecular weight excluding hydrogens is 1660 g/mol. The minimum Gasteiger partial charge on any atom is -0.508 e. The average molecular weight is 1730 g/mol. The molecule has 0 radical (unpaired) electrons. The fourth-order valence-electron chi connectivity index (χ4n) is 12.2. The lowest BCUT2D eigenvalue weighted by Gasteiger charge is -2.09. The van der Waals surface area contributed by atoms with Crippen molar-refractivity contribution in [2.75, 3.05) is 0 Å². The maximum absolute atomic E-state index is 13.3. The summed E-state index contributed by atoms with van der Waals surface area (Å²) in [5.74, 6) is 3.11. The van der Waals surface area contributed by atoms with E-state index < -0.39 is 0 Å². The zero-order chi connectivity index (χ0) is 87.2. The second-order valence-electron chi connectivity index (χ2n) is 26.7. The van der Waals surface area contributed by atoms with Gasteiger partial charge in [0.1, 0.15) is 77.0 Å². The topological polar surface area (TPSA) is 332 Å². The number of hydrogen-bond donors (Lipinski definition) is 6. The number of benzene rings is 12. The summed E-state index contributed by atoms with van der Waals surface area (Å²) in [7, 11) is 0. The van der Waals surface area contributed by atoms with E-state index in [0.29, 0.717) is 128 Å². The van der Waals surface area contributed by atoms with Crippen molar-refractivity contribution in [2.45, 2.75) is 13.8 Å². The van der Waals surface area contributed by atoms with E-state index in [0.717, 1.165) is 53.6 Å². The zero-order valence-corrected chi connectivity index (χ0v) is 68.4. The van der Waals surface area contributed by atoms with Crippen molar-refractivity contribution in [3.8, 4) is 80.5 Å². The number of aryl methyl sites for hydroxylation is 2. The van der Waals surface area contributed by atoms with Gasteiger partial charge in [-0.15, -0.1) is 45.3 Å². The molecule has 0 fully saturated rings. The predicted molar refractivity (Wildman–Crippen MR) is 477 cm³/mol. The van der Waals surface area contributed by atoms with Gasteiger partial charge in [-0.1, -0.05) is 126 Å². The Hall–Kier alpha value is -16.0. The first-order chi connectivity index (χ1) is 60.2. The van der Waals surface area contributed by atoms with Crippen LogP contribution >= 0.6 is 45.3 Å². The highest BCUT2D eigenvalue weighted by Crippen LogP contribution is 2.48. The lowest BCUT2D eigenvalue weighted by atomic mass is 10.1. The summed E-state index contributed by atoms with van der Waals surface area (Å²) in [4.78, 5) is 95.4. The summed E-state index contributed by atoms with van der Waals surface area (Å²) in [6.45, 7) is 5.26. The van der Waals surface area contributed by atoms with E-state index in [1.807, 2.05) is 68.4 Å². The second-order valence-corrected chi connectivity index (χ2v) is 30.9. The van der Waals surface area contributed by atoms with Crippen LogP contribution in [0.2, 0.25) is 0 Å². The fourth-order valence-corrected chi connectivity index (χ4v) is 16.7. The fraction of sp³-hybridized carbons (Fsp3) is 0.0204. The van der Waals surface area contributed by atoms with Crippen LogP contribution in [-0.4, -0.2) is 79.7 Å². The quantitative estimate of drug-likeness (QED) is 0.0115. The highest BCUT2D eigenvalue weighted by Gasteiger charge is 2.28. The van der Waals surface area contributed by atoms with E-state index in [-0.39, 0.29) is 63.2 Å². The van der Waals surface area contributed by atoms with Gasteiger partial charge in [0.2, 0.25) is 23.1 Å². The lowest BCUT2D eigenvalue weighted by molar-refractivity contribution is -0.124. The molecule has 4 aromatic heterocycles. The van der Waals surface area contributed by atoms with Crippen LogP contribution in [0.5, 0.6) is 80.5 Å². The van der Waals surface area contributed by atoms with Gasteiger partial charge in [0.25, 0.3) is 25.9 Å². The standard InChI is InChI=1S/2C25H18O5S.2C24H16O6S/c1-16-2-6-18(7-3-16)23(28)25-24(21-11-8-19(27)14-22(21)31-25)30-20-9-4-17(5-10-20)12-13-29-15-26;1-16-3-2-4-18(13-16)23(28)25-24(21-10-7-19(27)14-22(21)31-25)30-20-8-5-17(6-9-20)11-12-29-15-26;25-14-29-11-10-15-4-7-19(8-5-15)30-23-20-9-6-18(27)13-21(20)31-24(23)22(28)16-2-1-3-17(26)12-16;25-14-29-12-11-15-5-8-17(9-6-15)30-23-19-10-7-16(26)13-21(19)31-24(23)22(28)18-3-1-2-4-20(18)27/h2*2-15,27H,1H3;2*1-14,26-27H/b13-12+;12-11+;11-10+;12-11+. The molecule has 0 bridgehead atoms. The number of phenols is 6. The molecule has 4 heterocycles. The van der Waals surface area contributed by atoms with E-state index in [9.17, 15) is 69.0 Å². The summed E-state index contributed by atoms with van der Waals surface area (Å²) in [5, 5.41) is 62.2. The normalized spacial score (nSPS) is 11.0. The maximum Gasteiger partial charge on any atom is 0.297 e. The molecule has 0 saturated carbocycles. The summed E-state index contributed by atoms with van der Waals surface area (Å²) < 4.78 is 45.5. The van der Waals surface area contributed by atoms with E-state index in [4.69, 9.17) is 18.9 Å². The molecule has 616 valence electrons.